The molecule has 1 unspecified atom stereocenters. The van der Waals surface area contributed by atoms with Crippen molar-refractivity contribution in [3.05, 3.63) is 29.8 Å². The van der Waals surface area contributed by atoms with E-state index < -0.39 is 5.97 Å². The Labute approximate surface area is 108 Å². The molecule has 1 rings (SSSR count). The Kier molecular flexibility index (Phi) is 6.22. The molecule has 100 valence electrons. The standard InChI is InChI=1S/C14H21NO3/c1-3-18-10-12-6-4-5-7-13(12)15-11(2)8-9-14(16)17/h4-7,11,15H,3,8-10H2,1-2H3,(H,16,17). The number of aliphatic carboxylic acids is 1. The number of hydrogen-bond donors (Lipinski definition) is 2. The van der Waals surface area contributed by atoms with Crippen LogP contribution in [-0.4, -0.2) is 23.7 Å². The molecule has 1 aromatic rings. The molecule has 0 aromatic heterocycles. The lowest BCUT2D eigenvalue weighted by Gasteiger charge is -2.17. The van der Waals surface area contributed by atoms with Gasteiger partial charge in [0.2, 0.25) is 0 Å². The molecule has 4 heteroatoms. The summed E-state index contributed by atoms with van der Waals surface area (Å²) in [6, 6.07) is 8.07. The second-order valence-electron chi connectivity index (χ2n) is 4.27. The average Bonchev–Trinajstić information content (AvgIpc) is 2.35. The van der Waals surface area contributed by atoms with Gasteiger partial charge >= 0.3 is 5.97 Å². The maximum atomic E-state index is 10.5. The van der Waals surface area contributed by atoms with E-state index in [9.17, 15) is 4.79 Å². The maximum Gasteiger partial charge on any atom is 0.303 e. The average molecular weight is 251 g/mol. The predicted octanol–water partition coefficient (Wildman–Crippen LogP) is 2.89. The molecule has 0 heterocycles. The Morgan fingerprint density at radius 2 is 2.17 bits per heavy atom. The quantitative estimate of drug-likeness (QED) is 0.746. The van der Waals surface area contributed by atoms with Crippen LogP contribution in [0.5, 0.6) is 0 Å². The molecule has 0 saturated heterocycles. The number of hydrogen-bond acceptors (Lipinski definition) is 3. The van der Waals surface area contributed by atoms with E-state index in [0.717, 1.165) is 11.3 Å². The van der Waals surface area contributed by atoms with Crippen molar-refractivity contribution in [1.29, 1.82) is 0 Å². The molecule has 1 atom stereocenters. The molecule has 0 spiro atoms. The minimum Gasteiger partial charge on any atom is -0.481 e. The van der Waals surface area contributed by atoms with Gasteiger partial charge in [0.25, 0.3) is 0 Å². The largest absolute Gasteiger partial charge is 0.481 e. The fourth-order valence-electron chi connectivity index (χ4n) is 1.68. The van der Waals surface area contributed by atoms with Crippen LogP contribution in [0.15, 0.2) is 24.3 Å². The van der Waals surface area contributed by atoms with E-state index in [2.05, 4.69) is 5.32 Å². The first-order valence-electron chi connectivity index (χ1n) is 6.27. The number of carbonyl (C=O) groups is 1. The van der Waals surface area contributed by atoms with E-state index in [1.807, 2.05) is 38.1 Å². The molecule has 18 heavy (non-hydrogen) atoms. The van der Waals surface area contributed by atoms with Crippen molar-refractivity contribution >= 4 is 11.7 Å². The Bertz CT molecular complexity index is 379. The van der Waals surface area contributed by atoms with E-state index in [1.165, 1.54) is 0 Å². The summed E-state index contributed by atoms with van der Waals surface area (Å²) in [5.74, 6) is -0.758. The van der Waals surface area contributed by atoms with Crippen LogP contribution in [0, 0.1) is 0 Å². The molecule has 0 fully saturated rings. The van der Waals surface area contributed by atoms with Crippen LogP contribution in [0.1, 0.15) is 32.3 Å². The van der Waals surface area contributed by atoms with Crippen LogP contribution < -0.4 is 5.32 Å². The highest BCUT2D eigenvalue weighted by molar-refractivity contribution is 5.66. The maximum absolute atomic E-state index is 10.5. The predicted molar refractivity (Wildman–Crippen MR) is 71.7 cm³/mol. The van der Waals surface area contributed by atoms with Crippen molar-refractivity contribution < 1.29 is 14.6 Å². The molecule has 0 saturated carbocycles. The highest BCUT2D eigenvalue weighted by atomic mass is 16.5. The molecule has 0 amide bonds. The molecule has 1 aromatic carbocycles. The Morgan fingerprint density at radius 1 is 1.44 bits per heavy atom. The number of rotatable bonds is 8. The Hall–Kier alpha value is -1.55. The van der Waals surface area contributed by atoms with Crippen LogP contribution in [0.4, 0.5) is 5.69 Å². The van der Waals surface area contributed by atoms with E-state index >= 15 is 0 Å². The summed E-state index contributed by atoms with van der Waals surface area (Å²) in [5, 5.41) is 12.0. The van der Waals surface area contributed by atoms with Crippen molar-refractivity contribution in [2.45, 2.75) is 39.3 Å². The number of benzene rings is 1. The third kappa shape index (κ3) is 5.19. The molecule has 0 aliphatic heterocycles. The molecule has 0 bridgehead atoms. The summed E-state index contributed by atoms with van der Waals surface area (Å²) in [7, 11) is 0. The normalized spacial score (nSPS) is 12.1. The van der Waals surface area contributed by atoms with Gasteiger partial charge in [-0.25, -0.2) is 0 Å². The fourth-order valence-corrected chi connectivity index (χ4v) is 1.68. The third-order valence-electron chi connectivity index (χ3n) is 2.67. The molecule has 2 N–H and O–H groups in total. The van der Waals surface area contributed by atoms with Gasteiger partial charge in [-0.1, -0.05) is 18.2 Å². The van der Waals surface area contributed by atoms with E-state index in [0.29, 0.717) is 19.6 Å². The summed E-state index contributed by atoms with van der Waals surface area (Å²) >= 11 is 0. The van der Waals surface area contributed by atoms with Gasteiger partial charge in [0.05, 0.1) is 6.61 Å². The number of ether oxygens (including phenoxy) is 1. The SMILES string of the molecule is CCOCc1ccccc1NC(C)CCC(=O)O. The van der Waals surface area contributed by atoms with Crippen molar-refractivity contribution in [3.8, 4) is 0 Å². The highest BCUT2D eigenvalue weighted by Gasteiger charge is 2.07. The second kappa shape index (κ2) is 7.71. The first-order chi connectivity index (χ1) is 8.63. The van der Waals surface area contributed by atoms with Crippen LogP contribution in [-0.2, 0) is 16.1 Å². The van der Waals surface area contributed by atoms with E-state index in [-0.39, 0.29) is 12.5 Å². The van der Waals surface area contributed by atoms with E-state index in [4.69, 9.17) is 9.84 Å². The Morgan fingerprint density at radius 3 is 2.83 bits per heavy atom. The monoisotopic (exact) mass is 251 g/mol. The zero-order valence-electron chi connectivity index (χ0n) is 11.0. The fraction of sp³-hybridized carbons (Fsp3) is 0.500. The molecule has 4 nitrogen and oxygen atoms in total. The highest BCUT2D eigenvalue weighted by Crippen LogP contribution is 2.18. The molecular weight excluding hydrogens is 230 g/mol. The molecule has 0 radical (unpaired) electrons. The molecule has 0 aliphatic carbocycles. The third-order valence-corrected chi connectivity index (χ3v) is 2.67. The van der Waals surface area contributed by atoms with Crippen molar-refractivity contribution in [3.63, 3.8) is 0 Å². The zero-order valence-corrected chi connectivity index (χ0v) is 11.0. The van der Waals surface area contributed by atoms with Crippen molar-refractivity contribution in [2.75, 3.05) is 11.9 Å². The summed E-state index contributed by atoms with van der Waals surface area (Å²) in [4.78, 5) is 10.5. The topological polar surface area (TPSA) is 58.6 Å². The van der Waals surface area contributed by atoms with Crippen LogP contribution >= 0.6 is 0 Å². The van der Waals surface area contributed by atoms with Gasteiger partial charge in [0.1, 0.15) is 0 Å². The smallest absolute Gasteiger partial charge is 0.303 e. The minimum atomic E-state index is -0.758. The molecular formula is C14H21NO3. The van der Waals surface area contributed by atoms with Crippen LogP contribution in [0.2, 0.25) is 0 Å². The van der Waals surface area contributed by atoms with Crippen molar-refractivity contribution in [2.24, 2.45) is 0 Å². The van der Waals surface area contributed by atoms with Crippen LogP contribution in [0.3, 0.4) is 0 Å². The number of carboxylic acids is 1. The number of nitrogens with one attached hydrogen (secondary N) is 1. The number of anilines is 1. The summed E-state index contributed by atoms with van der Waals surface area (Å²) in [6.45, 7) is 5.21. The lowest BCUT2D eigenvalue weighted by atomic mass is 10.1. The lowest BCUT2D eigenvalue weighted by Crippen LogP contribution is -2.17. The Balaban J connectivity index is 2.56. The van der Waals surface area contributed by atoms with E-state index in [1.54, 1.807) is 0 Å². The van der Waals surface area contributed by atoms with Gasteiger partial charge in [-0.15, -0.1) is 0 Å². The zero-order chi connectivity index (χ0) is 13.4. The minimum absolute atomic E-state index is 0.129. The number of carboxylic acid groups (broad SMARTS) is 1. The number of para-hydroxylation sites is 1. The van der Waals surface area contributed by atoms with Gasteiger partial charge in [-0.05, 0) is 26.3 Å². The first-order valence-corrected chi connectivity index (χ1v) is 6.27. The second-order valence-corrected chi connectivity index (χ2v) is 4.27. The first kappa shape index (κ1) is 14.5. The van der Waals surface area contributed by atoms with Crippen molar-refractivity contribution in [1.82, 2.24) is 0 Å². The van der Waals surface area contributed by atoms with Crippen LogP contribution in [0.25, 0.3) is 0 Å². The van der Waals surface area contributed by atoms with Gasteiger partial charge in [0, 0.05) is 30.3 Å². The summed E-state index contributed by atoms with van der Waals surface area (Å²) in [5.41, 5.74) is 2.12. The lowest BCUT2D eigenvalue weighted by molar-refractivity contribution is -0.137. The molecule has 0 aliphatic rings. The summed E-state index contributed by atoms with van der Waals surface area (Å²) < 4.78 is 5.41. The van der Waals surface area contributed by atoms with Gasteiger partial charge < -0.3 is 15.2 Å². The van der Waals surface area contributed by atoms with Gasteiger partial charge in [-0.3, -0.25) is 4.79 Å². The van der Waals surface area contributed by atoms with Gasteiger partial charge in [0.15, 0.2) is 0 Å². The van der Waals surface area contributed by atoms with Gasteiger partial charge in [-0.2, -0.15) is 0 Å². The summed E-state index contributed by atoms with van der Waals surface area (Å²) in [6.07, 6.45) is 0.792.